The van der Waals surface area contributed by atoms with Crippen molar-refractivity contribution in [1.29, 1.82) is 0 Å². The summed E-state index contributed by atoms with van der Waals surface area (Å²) < 4.78 is 1.78. The number of hydrogen-bond acceptors (Lipinski definition) is 3. The Morgan fingerprint density at radius 2 is 2.38 bits per heavy atom. The second kappa shape index (κ2) is 4.61. The summed E-state index contributed by atoms with van der Waals surface area (Å²) in [6, 6.07) is 3.86. The lowest BCUT2D eigenvalue weighted by Crippen LogP contribution is -2.09. The molecule has 0 N–H and O–H groups in total. The Labute approximate surface area is 98.7 Å². The summed E-state index contributed by atoms with van der Waals surface area (Å²) in [6.45, 7) is 5.00. The molecule has 0 aliphatic carbocycles. The minimum Gasteiger partial charge on any atom is -0.296 e. The van der Waals surface area contributed by atoms with Gasteiger partial charge in [-0.15, -0.1) is 0 Å². The van der Waals surface area contributed by atoms with Crippen molar-refractivity contribution < 1.29 is 4.79 Å². The van der Waals surface area contributed by atoms with Gasteiger partial charge in [-0.05, 0) is 23.4 Å². The van der Waals surface area contributed by atoms with Crippen LogP contribution in [-0.4, -0.2) is 16.1 Å². The molecule has 0 aliphatic heterocycles. The molecule has 0 amide bonds. The zero-order valence-corrected chi connectivity index (χ0v) is 10.2. The number of aldehydes is 1. The smallest absolute Gasteiger partial charge is 0.168 e. The van der Waals surface area contributed by atoms with E-state index < -0.39 is 0 Å². The maximum atomic E-state index is 10.9. The van der Waals surface area contributed by atoms with Crippen LogP contribution in [0.15, 0.2) is 22.9 Å². The monoisotopic (exact) mass is 234 g/mol. The molecule has 2 aromatic rings. The largest absolute Gasteiger partial charge is 0.296 e. The van der Waals surface area contributed by atoms with Crippen molar-refractivity contribution in [2.45, 2.75) is 20.4 Å². The average Bonchev–Trinajstić information content (AvgIpc) is 2.83. The topological polar surface area (TPSA) is 34.9 Å². The van der Waals surface area contributed by atoms with Gasteiger partial charge in [0.1, 0.15) is 5.69 Å². The first-order chi connectivity index (χ1) is 7.70. The molecule has 0 aromatic carbocycles. The van der Waals surface area contributed by atoms with Crippen LogP contribution >= 0.6 is 11.3 Å². The molecule has 0 saturated carbocycles. The van der Waals surface area contributed by atoms with Crippen molar-refractivity contribution in [3.05, 3.63) is 28.6 Å². The molecule has 0 atom stereocenters. The number of aromatic nitrogens is 2. The highest BCUT2D eigenvalue weighted by Crippen LogP contribution is 2.21. The number of thiophene rings is 1. The van der Waals surface area contributed by atoms with E-state index in [-0.39, 0.29) is 0 Å². The van der Waals surface area contributed by atoms with Crippen molar-refractivity contribution in [2.75, 3.05) is 0 Å². The second-order valence-electron chi connectivity index (χ2n) is 4.16. The fourth-order valence-electron chi connectivity index (χ4n) is 1.57. The van der Waals surface area contributed by atoms with Crippen LogP contribution in [0.2, 0.25) is 0 Å². The lowest BCUT2D eigenvalue weighted by atomic mass is 10.2. The highest BCUT2D eigenvalue weighted by atomic mass is 32.1. The summed E-state index contributed by atoms with van der Waals surface area (Å²) in [6.07, 6.45) is 0.866. The molecule has 0 aliphatic rings. The Morgan fingerprint density at radius 1 is 1.56 bits per heavy atom. The highest BCUT2D eigenvalue weighted by Gasteiger charge is 2.10. The molecule has 4 heteroatoms. The molecule has 3 nitrogen and oxygen atoms in total. The van der Waals surface area contributed by atoms with Gasteiger partial charge < -0.3 is 0 Å². The number of nitrogens with zero attached hydrogens (tertiary/aromatic N) is 2. The molecule has 2 rings (SSSR count). The Balaban J connectivity index is 2.36. The van der Waals surface area contributed by atoms with Crippen molar-refractivity contribution in [3.63, 3.8) is 0 Å². The van der Waals surface area contributed by atoms with E-state index in [0.29, 0.717) is 11.6 Å². The number of hydrogen-bond donors (Lipinski definition) is 0. The van der Waals surface area contributed by atoms with E-state index in [2.05, 4.69) is 18.9 Å². The van der Waals surface area contributed by atoms with Crippen molar-refractivity contribution in [1.82, 2.24) is 9.78 Å². The van der Waals surface area contributed by atoms with Crippen LogP contribution in [-0.2, 0) is 6.54 Å². The zero-order chi connectivity index (χ0) is 11.5. The Bertz CT molecular complexity index is 471. The first kappa shape index (κ1) is 11.1. The predicted molar refractivity (Wildman–Crippen MR) is 65.8 cm³/mol. The van der Waals surface area contributed by atoms with Gasteiger partial charge in [0, 0.05) is 17.5 Å². The van der Waals surface area contributed by atoms with Crippen LogP contribution in [0.3, 0.4) is 0 Å². The average molecular weight is 234 g/mol. The molecule has 84 valence electrons. The Hall–Kier alpha value is -1.42. The first-order valence-corrected chi connectivity index (χ1v) is 6.20. The van der Waals surface area contributed by atoms with Crippen molar-refractivity contribution in [2.24, 2.45) is 5.92 Å². The number of rotatable bonds is 4. The summed E-state index contributed by atoms with van der Waals surface area (Å²) >= 11 is 1.63. The van der Waals surface area contributed by atoms with Crippen molar-refractivity contribution in [3.8, 4) is 11.3 Å². The van der Waals surface area contributed by atoms with Crippen LogP contribution in [0.4, 0.5) is 0 Å². The van der Waals surface area contributed by atoms with Crippen LogP contribution in [0.1, 0.15) is 24.3 Å². The third kappa shape index (κ3) is 2.22. The summed E-state index contributed by atoms with van der Waals surface area (Å²) in [5.41, 5.74) is 2.61. The normalized spacial score (nSPS) is 10.9. The molecular weight excluding hydrogens is 220 g/mol. The van der Waals surface area contributed by atoms with E-state index in [1.165, 1.54) is 0 Å². The van der Waals surface area contributed by atoms with E-state index in [0.717, 1.165) is 24.1 Å². The molecule has 0 bridgehead atoms. The van der Waals surface area contributed by atoms with Crippen LogP contribution in [0, 0.1) is 5.92 Å². The molecular formula is C12H14N2OS. The summed E-state index contributed by atoms with van der Waals surface area (Å²) in [7, 11) is 0. The summed E-state index contributed by atoms with van der Waals surface area (Å²) in [5.74, 6) is 0.480. The lowest BCUT2D eigenvalue weighted by molar-refractivity contribution is 0.111. The first-order valence-electron chi connectivity index (χ1n) is 5.26. The third-order valence-corrected chi connectivity index (χ3v) is 2.97. The molecule has 0 saturated heterocycles. The van der Waals surface area contributed by atoms with Crippen LogP contribution in [0.5, 0.6) is 0 Å². The fourth-order valence-corrected chi connectivity index (χ4v) is 2.22. The van der Waals surface area contributed by atoms with E-state index in [4.69, 9.17) is 0 Å². The van der Waals surface area contributed by atoms with E-state index in [1.807, 2.05) is 22.9 Å². The molecule has 0 unspecified atom stereocenters. The molecule has 2 aromatic heterocycles. The van der Waals surface area contributed by atoms with Gasteiger partial charge in [-0.25, -0.2) is 0 Å². The number of carbonyl (C=O) groups is 1. The second-order valence-corrected chi connectivity index (χ2v) is 4.94. The van der Waals surface area contributed by atoms with Crippen molar-refractivity contribution >= 4 is 17.6 Å². The maximum Gasteiger partial charge on any atom is 0.168 e. The van der Waals surface area contributed by atoms with Gasteiger partial charge in [0.15, 0.2) is 6.29 Å². The van der Waals surface area contributed by atoms with Gasteiger partial charge in [-0.1, -0.05) is 13.8 Å². The predicted octanol–water partition coefficient (Wildman–Crippen LogP) is 3.08. The molecule has 0 spiro atoms. The minimum absolute atomic E-state index is 0.480. The van der Waals surface area contributed by atoms with Gasteiger partial charge >= 0.3 is 0 Å². The standard InChI is InChI=1S/C12H14N2OS/c1-9(2)6-14-11(7-15)5-12(13-14)10-3-4-16-8-10/h3-5,7-9H,6H2,1-2H3. The van der Waals surface area contributed by atoms with E-state index >= 15 is 0 Å². The Kier molecular flexibility index (Phi) is 3.19. The maximum absolute atomic E-state index is 10.9. The summed E-state index contributed by atoms with van der Waals surface area (Å²) in [4.78, 5) is 10.9. The SMILES string of the molecule is CC(C)Cn1nc(-c2ccsc2)cc1C=O. The van der Waals surface area contributed by atoms with Gasteiger partial charge in [0.05, 0.1) is 5.69 Å². The minimum atomic E-state index is 0.480. The molecule has 16 heavy (non-hydrogen) atoms. The lowest BCUT2D eigenvalue weighted by Gasteiger charge is -2.05. The fraction of sp³-hybridized carbons (Fsp3) is 0.333. The quantitative estimate of drug-likeness (QED) is 0.762. The Morgan fingerprint density at radius 3 is 2.94 bits per heavy atom. The van der Waals surface area contributed by atoms with Gasteiger partial charge in [-0.3, -0.25) is 9.48 Å². The van der Waals surface area contributed by atoms with E-state index in [1.54, 1.807) is 16.0 Å². The number of carbonyl (C=O) groups excluding carboxylic acids is 1. The van der Waals surface area contributed by atoms with Gasteiger partial charge in [0.25, 0.3) is 0 Å². The summed E-state index contributed by atoms with van der Waals surface area (Å²) in [5, 5.41) is 8.51. The highest BCUT2D eigenvalue weighted by molar-refractivity contribution is 7.08. The van der Waals surface area contributed by atoms with Gasteiger partial charge in [-0.2, -0.15) is 16.4 Å². The van der Waals surface area contributed by atoms with Gasteiger partial charge in [0.2, 0.25) is 0 Å². The van der Waals surface area contributed by atoms with Crippen LogP contribution in [0.25, 0.3) is 11.3 Å². The molecule has 2 heterocycles. The molecule has 0 fully saturated rings. The third-order valence-electron chi connectivity index (χ3n) is 2.29. The van der Waals surface area contributed by atoms with Crippen LogP contribution < -0.4 is 0 Å². The molecule has 0 radical (unpaired) electrons. The zero-order valence-electron chi connectivity index (χ0n) is 9.38. The van der Waals surface area contributed by atoms with E-state index in [9.17, 15) is 4.79 Å².